The van der Waals surface area contributed by atoms with E-state index in [0.29, 0.717) is 32.7 Å². The predicted octanol–water partition coefficient (Wildman–Crippen LogP) is 3.19. The van der Waals surface area contributed by atoms with E-state index in [-0.39, 0.29) is 23.8 Å². The summed E-state index contributed by atoms with van der Waals surface area (Å²) in [4.78, 5) is 28.3. The fourth-order valence-corrected chi connectivity index (χ4v) is 5.91. The highest BCUT2D eigenvalue weighted by atomic mass is 32.2. The summed E-state index contributed by atoms with van der Waals surface area (Å²) in [5.74, 6) is -0.548. The third-order valence-electron chi connectivity index (χ3n) is 6.48. The van der Waals surface area contributed by atoms with Crippen molar-refractivity contribution in [3.63, 3.8) is 0 Å². The van der Waals surface area contributed by atoms with Gasteiger partial charge in [0.05, 0.1) is 18.1 Å². The van der Waals surface area contributed by atoms with Gasteiger partial charge in [0.2, 0.25) is 5.91 Å². The van der Waals surface area contributed by atoms with Crippen LogP contribution < -0.4 is 10.6 Å². The summed E-state index contributed by atoms with van der Waals surface area (Å²) >= 11 is 0. The lowest BCUT2D eigenvalue weighted by molar-refractivity contribution is -0.123. The molecule has 1 saturated heterocycles. The number of rotatable bonds is 10. The van der Waals surface area contributed by atoms with Gasteiger partial charge in [0.1, 0.15) is 11.4 Å². The molecule has 9 heteroatoms. The highest BCUT2D eigenvalue weighted by molar-refractivity contribution is 7.92. The quantitative estimate of drug-likeness (QED) is 0.415. The Morgan fingerprint density at radius 2 is 1.34 bits per heavy atom. The van der Waals surface area contributed by atoms with Crippen LogP contribution in [-0.2, 0) is 32.2 Å². The number of aryl methyl sites for hydroxylation is 1. The van der Waals surface area contributed by atoms with Gasteiger partial charge in [-0.2, -0.15) is 0 Å². The van der Waals surface area contributed by atoms with E-state index in [1.165, 1.54) is 12.1 Å². The van der Waals surface area contributed by atoms with Gasteiger partial charge in [-0.3, -0.25) is 4.79 Å². The van der Waals surface area contributed by atoms with Gasteiger partial charge in [-0.1, -0.05) is 78.9 Å². The van der Waals surface area contributed by atoms with E-state index in [2.05, 4.69) is 10.6 Å². The molecule has 3 aromatic rings. The Labute approximate surface area is 223 Å². The molecule has 200 valence electrons. The normalized spacial score (nSPS) is 15.3. The van der Waals surface area contributed by atoms with Crippen molar-refractivity contribution < 1.29 is 22.7 Å². The number of carbonyl (C=O) groups excluding carboxylic acids is 2. The largest absolute Gasteiger partial charge is 0.378 e. The second-order valence-corrected chi connectivity index (χ2v) is 11.3. The molecule has 1 aliphatic rings. The van der Waals surface area contributed by atoms with Crippen LogP contribution in [0.15, 0.2) is 95.9 Å². The summed E-state index contributed by atoms with van der Waals surface area (Å²) in [5.41, 5.74) is 1.82. The molecule has 0 unspecified atom stereocenters. The number of nitrogens with one attached hydrogen (secondary N) is 2. The van der Waals surface area contributed by atoms with Crippen LogP contribution in [0.1, 0.15) is 17.5 Å². The number of benzene rings is 3. The molecule has 0 spiro atoms. The first-order valence-corrected chi connectivity index (χ1v) is 14.3. The molecule has 1 fully saturated rings. The van der Waals surface area contributed by atoms with Crippen LogP contribution in [0.3, 0.4) is 0 Å². The smallest absolute Gasteiger partial charge is 0.318 e. The van der Waals surface area contributed by atoms with E-state index >= 15 is 0 Å². The summed E-state index contributed by atoms with van der Waals surface area (Å²) in [6, 6.07) is 25.6. The second kappa shape index (κ2) is 13.2. The van der Waals surface area contributed by atoms with Gasteiger partial charge in [-0.15, -0.1) is 0 Å². The van der Waals surface area contributed by atoms with E-state index in [0.717, 1.165) is 11.1 Å². The van der Waals surface area contributed by atoms with E-state index in [1.807, 2.05) is 60.7 Å². The molecular formula is C29H33N3O5S. The highest BCUT2D eigenvalue weighted by Gasteiger charge is 2.32. The Balaban J connectivity index is 1.56. The van der Waals surface area contributed by atoms with Crippen LogP contribution in [0.2, 0.25) is 0 Å². The van der Waals surface area contributed by atoms with Crippen molar-refractivity contribution in [1.82, 2.24) is 15.5 Å². The number of sulfone groups is 1. The van der Waals surface area contributed by atoms with Gasteiger partial charge in [-0.25, -0.2) is 13.2 Å². The minimum absolute atomic E-state index is 0.135. The van der Waals surface area contributed by atoms with Crippen LogP contribution >= 0.6 is 0 Å². The topological polar surface area (TPSA) is 105 Å². The Morgan fingerprint density at radius 3 is 1.95 bits per heavy atom. The molecule has 3 amide bonds. The molecule has 8 nitrogen and oxygen atoms in total. The minimum atomic E-state index is -3.89. The lowest BCUT2D eigenvalue weighted by Gasteiger charge is -2.30. The summed E-state index contributed by atoms with van der Waals surface area (Å²) in [5, 5.41) is 4.43. The van der Waals surface area contributed by atoms with Crippen molar-refractivity contribution in [2.45, 2.75) is 35.6 Å². The number of morpholine rings is 1. The molecule has 3 aromatic carbocycles. The van der Waals surface area contributed by atoms with Crippen LogP contribution in [0, 0.1) is 0 Å². The van der Waals surface area contributed by atoms with E-state index in [9.17, 15) is 18.0 Å². The number of urea groups is 1. The van der Waals surface area contributed by atoms with Crippen molar-refractivity contribution in [1.29, 1.82) is 0 Å². The van der Waals surface area contributed by atoms with Gasteiger partial charge in [0.15, 0.2) is 9.84 Å². The predicted molar refractivity (Wildman–Crippen MR) is 145 cm³/mol. The lowest BCUT2D eigenvalue weighted by atomic mass is 10.0. The number of hydrogen-bond acceptors (Lipinski definition) is 5. The maximum atomic E-state index is 13.6. The molecule has 0 aromatic heterocycles. The maximum Gasteiger partial charge on any atom is 0.318 e. The average Bonchev–Trinajstić information content (AvgIpc) is 2.96. The first-order chi connectivity index (χ1) is 18.4. The molecule has 1 aliphatic heterocycles. The van der Waals surface area contributed by atoms with E-state index < -0.39 is 27.2 Å². The summed E-state index contributed by atoms with van der Waals surface area (Å²) in [6.07, 6.45) is 0.864. The van der Waals surface area contributed by atoms with Gasteiger partial charge in [0.25, 0.3) is 0 Å². The Bertz CT molecular complexity index is 1280. The average molecular weight is 536 g/mol. The number of hydrogen-bond donors (Lipinski definition) is 2. The highest BCUT2D eigenvalue weighted by Crippen LogP contribution is 2.19. The van der Waals surface area contributed by atoms with Gasteiger partial charge in [0, 0.05) is 19.5 Å². The lowest BCUT2D eigenvalue weighted by Crippen LogP contribution is -2.56. The van der Waals surface area contributed by atoms with Gasteiger partial charge < -0.3 is 20.3 Å². The molecule has 2 N–H and O–H groups in total. The molecule has 0 bridgehead atoms. The molecule has 0 aliphatic carbocycles. The standard InChI is InChI=1S/C29H33N3O5S/c33-28(26(22-24-12-6-2-7-13-24)30-29(34)32-18-20-37-21-19-32)31-27(17-16-23-10-4-1-5-11-23)38(35,36)25-14-8-3-9-15-25/h1-15,26-27H,16-22H2,(H,30,34)(H,31,33)/t26-,27-/m0/s1. The number of amides is 3. The molecule has 38 heavy (non-hydrogen) atoms. The molecule has 0 saturated carbocycles. The van der Waals surface area contributed by atoms with Crippen molar-refractivity contribution in [3.05, 3.63) is 102 Å². The summed E-state index contributed by atoms with van der Waals surface area (Å²) in [7, 11) is -3.89. The Hall–Kier alpha value is -3.69. The third-order valence-corrected chi connectivity index (χ3v) is 8.51. The van der Waals surface area contributed by atoms with Crippen LogP contribution in [0.5, 0.6) is 0 Å². The fraction of sp³-hybridized carbons (Fsp3) is 0.310. The van der Waals surface area contributed by atoms with Crippen molar-refractivity contribution >= 4 is 21.8 Å². The maximum absolute atomic E-state index is 13.6. The SMILES string of the molecule is O=C(N[C@H](CCc1ccccc1)S(=O)(=O)c1ccccc1)[C@H](Cc1ccccc1)NC(=O)N1CCOCC1. The molecule has 0 radical (unpaired) electrons. The number of carbonyl (C=O) groups is 2. The van der Waals surface area contributed by atoms with Crippen LogP contribution in [-0.4, -0.2) is 63.0 Å². The Kier molecular flexibility index (Phi) is 9.51. The van der Waals surface area contributed by atoms with Crippen LogP contribution in [0.4, 0.5) is 4.79 Å². The Morgan fingerprint density at radius 1 is 0.789 bits per heavy atom. The third kappa shape index (κ3) is 7.43. The van der Waals surface area contributed by atoms with Gasteiger partial charge in [-0.05, 0) is 36.1 Å². The minimum Gasteiger partial charge on any atom is -0.378 e. The summed E-state index contributed by atoms with van der Waals surface area (Å²) in [6.45, 7) is 1.71. The molecule has 4 rings (SSSR count). The first kappa shape index (κ1) is 27.3. The monoisotopic (exact) mass is 535 g/mol. The second-order valence-electron chi connectivity index (χ2n) is 9.17. The number of nitrogens with zero attached hydrogens (tertiary/aromatic N) is 1. The first-order valence-electron chi connectivity index (χ1n) is 12.7. The van der Waals surface area contributed by atoms with E-state index in [1.54, 1.807) is 23.1 Å². The zero-order chi connectivity index (χ0) is 26.8. The molecule has 1 heterocycles. The van der Waals surface area contributed by atoms with Crippen molar-refractivity contribution in [3.8, 4) is 0 Å². The van der Waals surface area contributed by atoms with Crippen LogP contribution in [0.25, 0.3) is 0 Å². The zero-order valence-electron chi connectivity index (χ0n) is 21.2. The van der Waals surface area contributed by atoms with Gasteiger partial charge >= 0.3 is 6.03 Å². The van der Waals surface area contributed by atoms with Crippen molar-refractivity contribution in [2.24, 2.45) is 0 Å². The summed E-state index contributed by atoms with van der Waals surface area (Å²) < 4.78 is 32.6. The molecular weight excluding hydrogens is 502 g/mol. The fourth-order valence-electron chi connectivity index (χ4n) is 4.35. The zero-order valence-corrected chi connectivity index (χ0v) is 22.0. The number of ether oxygens (including phenoxy) is 1. The van der Waals surface area contributed by atoms with E-state index in [4.69, 9.17) is 4.74 Å². The molecule has 2 atom stereocenters. The van der Waals surface area contributed by atoms with Crippen molar-refractivity contribution in [2.75, 3.05) is 26.3 Å².